The molecule has 2 aliphatic carbocycles. The molecule has 68 valence electrons. The van der Waals surface area contributed by atoms with Crippen LogP contribution in [0.5, 0.6) is 0 Å². The maximum atomic E-state index is 11.3. The molecule has 3 heteroatoms. The van der Waals surface area contributed by atoms with Gasteiger partial charge in [0.1, 0.15) is 0 Å². The van der Waals surface area contributed by atoms with Gasteiger partial charge in [0.25, 0.3) is 5.91 Å². The zero-order chi connectivity index (χ0) is 9.00. The Labute approximate surface area is 76.2 Å². The van der Waals surface area contributed by atoms with E-state index in [0.717, 1.165) is 17.9 Å². The Morgan fingerprint density at radius 3 is 2.62 bits per heavy atom. The molecule has 3 rings (SSSR count). The van der Waals surface area contributed by atoms with E-state index in [1.54, 1.807) is 0 Å². The number of nitrogens with one attached hydrogen (secondary N) is 1. The van der Waals surface area contributed by atoms with Gasteiger partial charge in [0, 0.05) is 5.57 Å². The van der Waals surface area contributed by atoms with E-state index in [9.17, 15) is 9.59 Å². The average Bonchev–Trinajstić information content (AvgIpc) is 2.62. The van der Waals surface area contributed by atoms with Crippen molar-refractivity contribution in [2.75, 3.05) is 0 Å². The molecule has 3 aliphatic rings. The fraction of sp³-hybridized carbons (Fsp3) is 0.600. The van der Waals surface area contributed by atoms with Gasteiger partial charge in [-0.05, 0) is 31.1 Å². The van der Waals surface area contributed by atoms with E-state index >= 15 is 0 Å². The largest absolute Gasteiger partial charge is 0.292 e. The first-order valence-corrected chi connectivity index (χ1v) is 4.82. The highest BCUT2D eigenvalue weighted by atomic mass is 16.2. The molecule has 2 saturated carbocycles. The zero-order valence-electron chi connectivity index (χ0n) is 7.30. The first-order valence-electron chi connectivity index (χ1n) is 4.82. The summed E-state index contributed by atoms with van der Waals surface area (Å²) in [5.41, 5.74) is 2.07. The van der Waals surface area contributed by atoms with Crippen molar-refractivity contribution in [1.29, 1.82) is 0 Å². The fourth-order valence-corrected chi connectivity index (χ4v) is 2.64. The van der Waals surface area contributed by atoms with Crippen LogP contribution in [0.2, 0.25) is 0 Å². The Hall–Kier alpha value is -1.12. The van der Waals surface area contributed by atoms with Crippen molar-refractivity contribution in [2.24, 2.45) is 11.8 Å². The molecule has 0 bridgehead atoms. The number of fused-ring (bicyclic) bond motifs is 1. The molecule has 2 amide bonds. The predicted octanol–water partition coefficient (Wildman–Crippen LogP) is 0.759. The molecule has 1 N–H and O–H groups in total. The van der Waals surface area contributed by atoms with Gasteiger partial charge in [-0.1, -0.05) is 5.57 Å². The summed E-state index contributed by atoms with van der Waals surface area (Å²) < 4.78 is 0. The van der Waals surface area contributed by atoms with Crippen LogP contribution in [0, 0.1) is 11.8 Å². The Morgan fingerprint density at radius 1 is 1.31 bits per heavy atom. The molecule has 0 aromatic rings. The van der Waals surface area contributed by atoms with Crippen molar-refractivity contribution in [3.8, 4) is 0 Å². The monoisotopic (exact) mass is 177 g/mol. The standard InChI is InChI=1S/C10H11NO2/c12-9-4-8(10(13)11-9)6-2-1-5-3-7(5)6/h5,7H,1-4H2,(H,11,12,13)/b8-6-. The summed E-state index contributed by atoms with van der Waals surface area (Å²) in [5.74, 6) is 1.24. The molecular formula is C10H11NO2. The van der Waals surface area contributed by atoms with Crippen LogP contribution in [0.4, 0.5) is 0 Å². The third kappa shape index (κ3) is 0.961. The summed E-state index contributed by atoms with van der Waals surface area (Å²) in [7, 11) is 0. The Bertz CT molecular complexity index is 343. The van der Waals surface area contributed by atoms with Gasteiger partial charge < -0.3 is 0 Å². The van der Waals surface area contributed by atoms with Crippen molar-refractivity contribution in [2.45, 2.75) is 25.7 Å². The van der Waals surface area contributed by atoms with Gasteiger partial charge in [-0.15, -0.1) is 0 Å². The lowest BCUT2D eigenvalue weighted by atomic mass is 10.0. The maximum absolute atomic E-state index is 11.3. The van der Waals surface area contributed by atoms with Crippen LogP contribution >= 0.6 is 0 Å². The van der Waals surface area contributed by atoms with Crippen molar-refractivity contribution < 1.29 is 9.59 Å². The molecule has 2 atom stereocenters. The number of carbonyl (C=O) groups excluding carboxylic acids is 2. The highest BCUT2D eigenvalue weighted by Gasteiger charge is 2.47. The van der Waals surface area contributed by atoms with Gasteiger partial charge in [0.15, 0.2) is 0 Å². The molecule has 0 radical (unpaired) electrons. The molecule has 1 saturated heterocycles. The SMILES string of the molecule is O=C1C/C(=C2\CCC3CC23)C(=O)N1. The van der Waals surface area contributed by atoms with Gasteiger partial charge in [-0.25, -0.2) is 0 Å². The minimum atomic E-state index is -0.132. The van der Waals surface area contributed by atoms with Crippen LogP contribution < -0.4 is 5.32 Å². The van der Waals surface area contributed by atoms with Crippen LogP contribution in [-0.2, 0) is 9.59 Å². The number of allylic oxidation sites excluding steroid dienone is 1. The predicted molar refractivity (Wildman–Crippen MR) is 45.6 cm³/mol. The first kappa shape index (κ1) is 7.30. The van der Waals surface area contributed by atoms with E-state index in [1.165, 1.54) is 18.4 Å². The first-order chi connectivity index (χ1) is 6.25. The zero-order valence-corrected chi connectivity index (χ0v) is 7.30. The van der Waals surface area contributed by atoms with Gasteiger partial charge in [-0.3, -0.25) is 14.9 Å². The van der Waals surface area contributed by atoms with Crippen molar-refractivity contribution >= 4 is 11.8 Å². The molecule has 0 aromatic carbocycles. The third-order valence-corrected chi connectivity index (χ3v) is 3.41. The molecular weight excluding hydrogens is 166 g/mol. The highest BCUT2D eigenvalue weighted by Crippen LogP contribution is 2.56. The lowest BCUT2D eigenvalue weighted by molar-refractivity contribution is -0.124. The van der Waals surface area contributed by atoms with Gasteiger partial charge >= 0.3 is 0 Å². The van der Waals surface area contributed by atoms with Crippen LogP contribution in [-0.4, -0.2) is 11.8 Å². The third-order valence-electron chi connectivity index (χ3n) is 3.41. The van der Waals surface area contributed by atoms with Crippen molar-refractivity contribution in [1.82, 2.24) is 5.32 Å². The number of hydrogen-bond acceptors (Lipinski definition) is 2. The second kappa shape index (κ2) is 2.22. The van der Waals surface area contributed by atoms with E-state index < -0.39 is 0 Å². The van der Waals surface area contributed by atoms with Gasteiger partial charge in [0.05, 0.1) is 6.42 Å². The summed E-state index contributed by atoms with van der Waals surface area (Å²) in [6.07, 6.45) is 3.86. The smallest absolute Gasteiger partial charge is 0.254 e. The summed E-state index contributed by atoms with van der Waals surface area (Å²) >= 11 is 0. The van der Waals surface area contributed by atoms with Gasteiger partial charge in [0.2, 0.25) is 5.91 Å². The summed E-state index contributed by atoms with van der Waals surface area (Å²) in [6.45, 7) is 0. The Balaban J connectivity index is 1.98. The summed E-state index contributed by atoms with van der Waals surface area (Å²) in [5, 5.41) is 2.35. The minimum Gasteiger partial charge on any atom is -0.292 e. The van der Waals surface area contributed by atoms with Crippen LogP contribution in [0.1, 0.15) is 25.7 Å². The molecule has 13 heavy (non-hydrogen) atoms. The second-order valence-corrected chi connectivity index (χ2v) is 4.20. The van der Waals surface area contributed by atoms with Crippen LogP contribution in [0.25, 0.3) is 0 Å². The highest BCUT2D eigenvalue weighted by molar-refractivity contribution is 6.13. The molecule has 1 aliphatic heterocycles. The summed E-state index contributed by atoms with van der Waals surface area (Å²) in [6, 6.07) is 0. The number of carbonyl (C=O) groups is 2. The van der Waals surface area contributed by atoms with Crippen molar-refractivity contribution in [3.05, 3.63) is 11.1 Å². The molecule has 0 spiro atoms. The minimum absolute atomic E-state index is 0.128. The Kier molecular flexibility index (Phi) is 1.25. The van der Waals surface area contributed by atoms with Crippen molar-refractivity contribution in [3.63, 3.8) is 0 Å². The summed E-state index contributed by atoms with van der Waals surface area (Å²) in [4.78, 5) is 22.3. The second-order valence-electron chi connectivity index (χ2n) is 4.20. The lowest BCUT2D eigenvalue weighted by Gasteiger charge is -2.01. The van der Waals surface area contributed by atoms with E-state index in [2.05, 4.69) is 5.32 Å². The maximum Gasteiger partial charge on any atom is 0.254 e. The molecule has 1 heterocycles. The topological polar surface area (TPSA) is 46.2 Å². The molecule has 3 fully saturated rings. The lowest BCUT2D eigenvalue weighted by Crippen LogP contribution is -2.19. The van der Waals surface area contributed by atoms with Crippen LogP contribution in [0.15, 0.2) is 11.1 Å². The molecule has 3 nitrogen and oxygen atoms in total. The normalized spacial score (nSPS) is 42.2. The van der Waals surface area contributed by atoms with E-state index in [0.29, 0.717) is 12.3 Å². The van der Waals surface area contributed by atoms with E-state index in [4.69, 9.17) is 0 Å². The van der Waals surface area contributed by atoms with Crippen LogP contribution in [0.3, 0.4) is 0 Å². The Morgan fingerprint density at radius 2 is 2.15 bits per heavy atom. The van der Waals surface area contributed by atoms with E-state index in [-0.39, 0.29) is 11.8 Å². The molecule has 0 aromatic heterocycles. The molecule has 2 unspecified atom stereocenters. The fourth-order valence-electron chi connectivity index (χ4n) is 2.64. The average molecular weight is 177 g/mol. The number of imide groups is 1. The number of hydrogen-bond donors (Lipinski definition) is 1. The van der Waals surface area contributed by atoms with E-state index in [1.807, 2.05) is 0 Å². The quantitative estimate of drug-likeness (QED) is 0.438. The van der Waals surface area contributed by atoms with Gasteiger partial charge in [-0.2, -0.15) is 0 Å². The number of rotatable bonds is 0. The number of amides is 2.